The quantitative estimate of drug-likeness (QED) is 0.0554. The molecule has 1 unspecified atom stereocenters. The Labute approximate surface area is 295 Å². The standard InChI is InChI=1S/C37H56N4O9/c1-4-5-6-7-8-9-10-11-12-16-23-37(24-17-14-13-15-22-36(2,3)28-47-49-50-48-29-37)27-30-25-31(18-21-35(30)42)38-39-33-20-19-32(40(43)44)26-34(33)41(45)46/h18-21,25-26,42H,4-17,22-24,27-29H2,1-3H3. The minimum atomic E-state index is -0.730. The van der Waals surface area contributed by atoms with Crippen LogP contribution in [0.4, 0.5) is 22.7 Å². The third-order valence-corrected chi connectivity index (χ3v) is 9.58. The lowest BCUT2D eigenvalue weighted by molar-refractivity contribution is -0.639. The lowest BCUT2D eigenvalue weighted by Gasteiger charge is -2.34. The highest BCUT2D eigenvalue weighted by atomic mass is 17.7. The van der Waals surface area contributed by atoms with Gasteiger partial charge in [0.2, 0.25) is 0 Å². The lowest BCUT2D eigenvalue weighted by Crippen LogP contribution is -2.30. The zero-order valence-electron chi connectivity index (χ0n) is 30.1. The van der Waals surface area contributed by atoms with Crippen molar-refractivity contribution >= 4 is 22.7 Å². The van der Waals surface area contributed by atoms with Crippen molar-refractivity contribution in [2.24, 2.45) is 21.1 Å². The van der Waals surface area contributed by atoms with Crippen molar-refractivity contribution in [2.75, 3.05) is 13.2 Å². The van der Waals surface area contributed by atoms with Crippen molar-refractivity contribution in [2.45, 2.75) is 136 Å². The van der Waals surface area contributed by atoms with Gasteiger partial charge in [0.25, 0.3) is 5.69 Å². The van der Waals surface area contributed by atoms with Crippen molar-refractivity contribution in [3.63, 3.8) is 0 Å². The van der Waals surface area contributed by atoms with E-state index in [9.17, 15) is 25.3 Å². The Morgan fingerprint density at radius 3 is 2.06 bits per heavy atom. The molecule has 0 aromatic heterocycles. The molecule has 0 saturated carbocycles. The molecule has 50 heavy (non-hydrogen) atoms. The van der Waals surface area contributed by atoms with Gasteiger partial charge >= 0.3 is 5.69 Å². The molecule has 13 nitrogen and oxygen atoms in total. The maximum Gasteiger partial charge on any atom is 0.303 e. The van der Waals surface area contributed by atoms with Crippen molar-refractivity contribution in [3.8, 4) is 5.75 Å². The zero-order chi connectivity index (χ0) is 36.2. The number of hydrogen-bond acceptors (Lipinski definition) is 11. The second-order valence-electron chi connectivity index (χ2n) is 14.5. The van der Waals surface area contributed by atoms with E-state index in [1.807, 2.05) is 0 Å². The first-order valence-electron chi connectivity index (χ1n) is 18.3. The normalized spacial score (nSPS) is 19.3. The summed E-state index contributed by atoms with van der Waals surface area (Å²) in [6.45, 7) is 7.09. The number of rotatable bonds is 17. The molecule has 1 aliphatic rings. The average molecular weight is 701 g/mol. The van der Waals surface area contributed by atoms with Crippen LogP contribution >= 0.6 is 0 Å². The highest BCUT2D eigenvalue weighted by molar-refractivity contribution is 5.62. The summed E-state index contributed by atoms with van der Waals surface area (Å²) in [5.41, 5.74) is -0.482. The van der Waals surface area contributed by atoms with Crippen molar-refractivity contribution in [1.82, 2.24) is 0 Å². The van der Waals surface area contributed by atoms with Crippen LogP contribution in [-0.2, 0) is 26.3 Å². The minimum absolute atomic E-state index is 0.0456. The van der Waals surface area contributed by atoms with Crippen LogP contribution in [0.1, 0.15) is 135 Å². The van der Waals surface area contributed by atoms with Crippen molar-refractivity contribution in [1.29, 1.82) is 0 Å². The van der Waals surface area contributed by atoms with Gasteiger partial charge in [0.15, 0.2) is 5.69 Å². The first kappa shape index (κ1) is 40.9. The molecule has 2 aromatic rings. The summed E-state index contributed by atoms with van der Waals surface area (Å²) in [4.78, 5) is 32.2. The number of nitro benzene ring substituents is 2. The van der Waals surface area contributed by atoms with Gasteiger partial charge in [0, 0.05) is 11.5 Å². The first-order chi connectivity index (χ1) is 24.0. The summed E-state index contributed by atoms with van der Waals surface area (Å²) in [6.07, 6.45) is 19.6. The van der Waals surface area contributed by atoms with E-state index in [1.165, 1.54) is 63.5 Å². The van der Waals surface area contributed by atoms with Crippen LogP contribution in [0.2, 0.25) is 0 Å². The fourth-order valence-corrected chi connectivity index (χ4v) is 6.53. The number of hydrogen-bond donors (Lipinski definition) is 1. The van der Waals surface area contributed by atoms with E-state index in [2.05, 4.69) is 31.0 Å². The lowest BCUT2D eigenvalue weighted by atomic mass is 9.73. The van der Waals surface area contributed by atoms with Gasteiger partial charge < -0.3 is 5.11 Å². The van der Waals surface area contributed by atoms with Crippen LogP contribution in [0.3, 0.4) is 0 Å². The molecule has 13 heteroatoms. The van der Waals surface area contributed by atoms with E-state index in [0.717, 1.165) is 69.9 Å². The average Bonchev–Trinajstić information content (AvgIpc) is 3.08. The van der Waals surface area contributed by atoms with Gasteiger partial charge in [-0.2, -0.15) is 5.11 Å². The number of aromatic hydroxyl groups is 1. The predicted octanol–water partition coefficient (Wildman–Crippen LogP) is 11.7. The molecular formula is C37H56N4O9. The fourth-order valence-electron chi connectivity index (χ4n) is 6.53. The van der Waals surface area contributed by atoms with Gasteiger partial charge in [0.1, 0.15) is 5.75 Å². The molecule has 1 fully saturated rings. The van der Waals surface area contributed by atoms with E-state index in [4.69, 9.17) is 19.9 Å². The molecule has 1 N–H and O–H groups in total. The predicted molar refractivity (Wildman–Crippen MR) is 190 cm³/mol. The number of phenols is 1. The number of nitro groups is 2. The summed E-state index contributed by atoms with van der Waals surface area (Å²) in [5.74, 6) is 0.0925. The van der Waals surface area contributed by atoms with Crippen LogP contribution < -0.4 is 0 Å². The molecule has 1 atom stereocenters. The summed E-state index contributed by atoms with van der Waals surface area (Å²) in [5, 5.41) is 51.9. The Bertz CT molecular complexity index is 1350. The highest BCUT2D eigenvalue weighted by Crippen LogP contribution is 2.40. The smallest absolute Gasteiger partial charge is 0.303 e. The van der Waals surface area contributed by atoms with Gasteiger partial charge in [-0.25, -0.2) is 9.78 Å². The van der Waals surface area contributed by atoms with Crippen molar-refractivity contribution in [3.05, 3.63) is 62.2 Å². The molecule has 278 valence electrons. The molecule has 2 aromatic carbocycles. The van der Waals surface area contributed by atoms with E-state index < -0.39 is 26.6 Å². The highest BCUT2D eigenvalue weighted by Gasteiger charge is 2.32. The number of azo groups is 1. The molecule has 0 spiro atoms. The van der Waals surface area contributed by atoms with E-state index in [1.54, 1.807) is 12.1 Å². The Morgan fingerprint density at radius 2 is 1.40 bits per heavy atom. The Balaban J connectivity index is 1.78. The van der Waals surface area contributed by atoms with Gasteiger partial charge in [-0.3, -0.25) is 20.2 Å². The number of phenolic OH excluding ortho intramolecular Hbond substituents is 1. The topological polar surface area (TPSA) is 168 Å². The third-order valence-electron chi connectivity index (χ3n) is 9.58. The Morgan fingerprint density at radius 1 is 0.760 bits per heavy atom. The van der Waals surface area contributed by atoms with E-state index >= 15 is 0 Å². The number of non-ortho nitro benzene ring substituents is 1. The van der Waals surface area contributed by atoms with Gasteiger partial charge in [-0.15, -0.1) is 5.11 Å². The van der Waals surface area contributed by atoms with Gasteiger partial charge in [-0.1, -0.05) is 111 Å². The van der Waals surface area contributed by atoms with E-state index in [-0.39, 0.29) is 23.5 Å². The van der Waals surface area contributed by atoms with Crippen LogP contribution in [0, 0.1) is 31.1 Å². The molecule has 0 radical (unpaired) electrons. The largest absolute Gasteiger partial charge is 0.508 e. The van der Waals surface area contributed by atoms with Crippen LogP contribution in [0.5, 0.6) is 5.75 Å². The maximum absolute atomic E-state index is 11.6. The summed E-state index contributed by atoms with van der Waals surface area (Å²) >= 11 is 0. The first-order valence-corrected chi connectivity index (χ1v) is 18.3. The molecule has 0 bridgehead atoms. The number of unbranched alkanes of at least 4 members (excludes halogenated alkanes) is 9. The molecule has 1 saturated heterocycles. The Kier molecular flexibility index (Phi) is 17.7. The Hall–Kier alpha value is -3.52. The molecule has 1 aliphatic heterocycles. The SMILES string of the molecule is CCCCCCCCCCCCC1(Cc2cc(N=Nc3ccc([N+](=O)[O-])cc3[N+](=O)[O-])ccc2O)CCCCCCC(C)(C)COOOOC1. The number of benzene rings is 2. The fraction of sp³-hybridized carbons (Fsp3) is 0.676. The van der Waals surface area contributed by atoms with Crippen LogP contribution in [0.25, 0.3) is 0 Å². The number of nitrogens with zero attached hydrogens (tertiary/aromatic N) is 4. The van der Waals surface area contributed by atoms with E-state index in [0.29, 0.717) is 24.3 Å². The maximum atomic E-state index is 11.6. The molecule has 0 amide bonds. The molecular weight excluding hydrogens is 644 g/mol. The molecule has 3 rings (SSSR count). The monoisotopic (exact) mass is 700 g/mol. The van der Waals surface area contributed by atoms with Crippen molar-refractivity contribution < 1.29 is 34.8 Å². The third kappa shape index (κ3) is 14.8. The summed E-state index contributed by atoms with van der Waals surface area (Å²) in [7, 11) is 0. The second kappa shape index (κ2) is 21.6. The summed E-state index contributed by atoms with van der Waals surface area (Å²) in [6, 6.07) is 8.01. The molecule has 0 aliphatic carbocycles. The second-order valence-corrected chi connectivity index (χ2v) is 14.5. The molecule has 1 heterocycles. The van der Waals surface area contributed by atoms with Gasteiger partial charge in [-0.05, 0) is 71.0 Å². The van der Waals surface area contributed by atoms with Crippen LogP contribution in [0.15, 0.2) is 46.6 Å². The minimum Gasteiger partial charge on any atom is -0.508 e. The van der Waals surface area contributed by atoms with Gasteiger partial charge in [0.05, 0.1) is 34.8 Å². The van der Waals surface area contributed by atoms with Crippen LogP contribution in [-0.4, -0.2) is 28.2 Å². The zero-order valence-corrected chi connectivity index (χ0v) is 30.1. The summed E-state index contributed by atoms with van der Waals surface area (Å²) < 4.78 is 0.